The van der Waals surface area contributed by atoms with Crippen LogP contribution in [0.3, 0.4) is 0 Å². The lowest BCUT2D eigenvalue weighted by Crippen LogP contribution is -2.48. The van der Waals surface area contributed by atoms with Gasteiger partial charge < -0.3 is 23.4 Å². The largest absolute Gasteiger partial charge is 0.460 e. The molecule has 7 heteroatoms. The molecule has 1 amide bonds. The van der Waals surface area contributed by atoms with E-state index < -0.39 is 0 Å². The first-order chi connectivity index (χ1) is 16.6. The molecule has 0 N–H and O–H groups in total. The number of benzene rings is 2. The Kier molecular flexibility index (Phi) is 5.26. The lowest BCUT2D eigenvalue weighted by molar-refractivity contribution is 0.0619. The van der Waals surface area contributed by atoms with Gasteiger partial charge >= 0.3 is 0 Å². The molecule has 0 unspecified atom stereocenters. The van der Waals surface area contributed by atoms with Crippen LogP contribution in [-0.2, 0) is 13.1 Å². The van der Waals surface area contributed by atoms with Gasteiger partial charge in [0.1, 0.15) is 11.5 Å². The number of hydrogen-bond acceptors (Lipinski definition) is 5. The zero-order valence-corrected chi connectivity index (χ0v) is 19.2. The molecule has 0 atom stereocenters. The van der Waals surface area contributed by atoms with Crippen LogP contribution >= 0.6 is 0 Å². The molecule has 6 rings (SSSR count). The van der Waals surface area contributed by atoms with Crippen LogP contribution in [0.4, 0.5) is 0 Å². The number of fused-ring (bicyclic) bond motifs is 2. The second kappa shape index (κ2) is 8.57. The number of piperazine rings is 1. The van der Waals surface area contributed by atoms with Gasteiger partial charge in [-0.1, -0.05) is 36.4 Å². The van der Waals surface area contributed by atoms with E-state index in [1.54, 1.807) is 0 Å². The van der Waals surface area contributed by atoms with Crippen molar-refractivity contribution in [2.75, 3.05) is 33.0 Å². The fraction of sp³-hybridized carbons (Fsp3) is 0.296. The maximum atomic E-state index is 13.6. The van der Waals surface area contributed by atoms with Gasteiger partial charge in [-0.15, -0.1) is 0 Å². The Morgan fingerprint density at radius 3 is 2.47 bits per heavy atom. The molecule has 7 nitrogen and oxygen atoms in total. The van der Waals surface area contributed by atoms with Crippen molar-refractivity contribution in [3.05, 3.63) is 83.2 Å². The number of rotatable bonds is 5. The summed E-state index contributed by atoms with van der Waals surface area (Å²) in [5.74, 6) is 2.52. The van der Waals surface area contributed by atoms with Gasteiger partial charge in [-0.05, 0) is 30.2 Å². The van der Waals surface area contributed by atoms with Crippen molar-refractivity contribution < 1.29 is 18.7 Å². The van der Waals surface area contributed by atoms with E-state index in [4.69, 9.17) is 13.9 Å². The van der Waals surface area contributed by atoms with Crippen molar-refractivity contribution in [3.63, 3.8) is 0 Å². The molecule has 0 saturated carbocycles. The molecular formula is C27H27N3O4. The summed E-state index contributed by atoms with van der Waals surface area (Å²) in [5.41, 5.74) is 4.75. The number of ether oxygens (including phenoxy) is 2. The molecule has 0 aliphatic carbocycles. The third-order valence-electron chi connectivity index (χ3n) is 6.62. The maximum Gasteiger partial charge on any atom is 0.270 e. The molecule has 2 aliphatic heterocycles. The number of hydrogen-bond donors (Lipinski definition) is 0. The number of carbonyl (C=O) groups excluding carboxylic acids is 1. The van der Waals surface area contributed by atoms with Crippen molar-refractivity contribution in [1.82, 2.24) is 14.4 Å². The summed E-state index contributed by atoms with van der Waals surface area (Å²) < 4.78 is 18.9. The van der Waals surface area contributed by atoms with Crippen LogP contribution in [0.2, 0.25) is 0 Å². The number of aryl methyl sites for hydroxylation is 1. The van der Waals surface area contributed by atoms with Gasteiger partial charge in [-0.3, -0.25) is 9.69 Å². The van der Waals surface area contributed by atoms with Crippen molar-refractivity contribution in [2.24, 2.45) is 0 Å². The minimum absolute atomic E-state index is 0.0581. The van der Waals surface area contributed by atoms with E-state index in [1.165, 1.54) is 5.56 Å². The average molecular weight is 458 g/mol. The monoisotopic (exact) mass is 457 g/mol. The number of carbonyl (C=O) groups is 1. The number of nitrogens with zero attached hydrogens (tertiary/aromatic N) is 3. The van der Waals surface area contributed by atoms with Crippen LogP contribution in [0.25, 0.3) is 11.1 Å². The van der Waals surface area contributed by atoms with E-state index >= 15 is 0 Å². The Balaban J connectivity index is 1.17. The smallest absolute Gasteiger partial charge is 0.270 e. The van der Waals surface area contributed by atoms with Crippen molar-refractivity contribution in [3.8, 4) is 11.5 Å². The van der Waals surface area contributed by atoms with E-state index in [2.05, 4.69) is 27.7 Å². The lowest BCUT2D eigenvalue weighted by Gasteiger charge is -2.35. The highest BCUT2D eigenvalue weighted by atomic mass is 16.7. The molecule has 4 aromatic rings. The Labute approximate surface area is 198 Å². The van der Waals surface area contributed by atoms with Gasteiger partial charge in [0, 0.05) is 51.4 Å². The first-order valence-electron chi connectivity index (χ1n) is 11.7. The average Bonchev–Trinajstić information content (AvgIpc) is 3.55. The second-order valence-corrected chi connectivity index (χ2v) is 8.96. The fourth-order valence-electron chi connectivity index (χ4n) is 4.85. The molecule has 0 bridgehead atoms. The summed E-state index contributed by atoms with van der Waals surface area (Å²) in [7, 11) is 0. The third-order valence-corrected chi connectivity index (χ3v) is 6.62. The van der Waals surface area contributed by atoms with Crippen molar-refractivity contribution in [1.29, 1.82) is 0 Å². The van der Waals surface area contributed by atoms with Crippen LogP contribution in [0, 0.1) is 6.92 Å². The molecule has 2 aromatic heterocycles. The molecule has 0 spiro atoms. The summed E-state index contributed by atoms with van der Waals surface area (Å²) in [6, 6.07) is 20.2. The van der Waals surface area contributed by atoms with Crippen molar-refractivity contribution in [2.45, 2.75) is 20.0 Å². The summed E-state index contributed by atoms with van der Waals surface area (Å²) >= 11 is 0. The summed E-state index contributed by atoms with van der Waals surface area (Å²) in [6.07, 6.45) is 0. The van der Waals surface area contributed by atoms with Gasteiger partial charge in [0.15, 0.2) is 17.1 Å². The van der Waals surface area contributed by atoms with E-state index in [0.717, 1.165) is 53.6 Å². The highest BCUT2D eigenvalue weighted by Crippen LogP contribution is 2.33. The molecule has 1 saturated heterocycles. The number of furan rings is 1. The molecule has 174 valence electrons. The third kappa shape index (κ3) is 3.92. The summed E-state index contributed by atoms with van der Waals surface area (Å²) in [6.45, 7) is 6.73. The predicted octanol–water partition coefficient (Wildman–Crippen LogP) is 4.28. The minimum atomic E-state index is 0.0581. The molecule has 34 heavy (non-hydrogen) atoms. The van der Waals surface area contributed by atoms with Gasteiger partial charge in [-0.2, -0.15) is 0 Å². The first kappa shape index (κ1) is 20.9. The van der Waals surface area contributed by atoms with Crippen molar-refractivity contribution >= 4 is 17.0 Å². The van der Waals surface area contributed by atoms with E-state index in [9.17, 15) is 4.79 Å². The van der Waals surface area contributed by atoms with Gasteiger partial charge in [0.2, 0.25) is 6.79 Å². The Morgan fingerprint density at radius 2 is 1.65 bits per heavy atom. The molecule has 4 heterocycles. The summed E-state index contributed by atoms with van der Waals surface area (Å²) in [5, 5.41) is 0. The first-order valence-corrected chi connectivity index (χ1v) is 11.7. The van der Waals surface area contributed by atoms with E-state index in [0.29, 0.717) is 25.3 Å². The Hall–Kier alpha value is -3.71. The van der Waals surface area contributed by atoms with E-state index in [-0.39, 0.29) is 12.7 Å². The van der Waals surface area contributed by atoms with Gasteiger partial charge in [0.05, 0.1) is 5.52 Å². The maximum absolute atomic E-state index is 13.6. The topological polar surface area (TPSA) is 60.1 Å². The Bertz CT molecular complexity index is 1330. The zero-order chi connectivity index (χ0) is 23.1. The second-order valence-electron chi connectivity index (χ2n) is 8.96. The minimum Gasteiger partial charge on any atom is -0.460 e. The zero-order valence-electron chi connectivity index (χ0n) is 19.2. The molecular weight excluding hydrogens is 430 g/mol. The molecule has 2 aromatic carbocycles. The Morgan fingerprint density at radius 1 is 0.853 bits per heavy atom. The van der Waals surface area contributed by atoms with Gasteiger partial charge in [0.25, 0.3) is 5.91 Å². The van der Waals surface area contributed by atoms with E-state index in [1.807, 2.05) is 54.3 Å². The SMILES string of the molecule is Cc1cc2c(cc(C(=O)N3CCN(Cc4ccc5c(c4)OCO5)CC3)n2Cc2ccccc2)o1. The van der Waals surface area contributed by atoms with Crippen LogP contribution in [0.15, 0.2) is 65.1 Å². The number of amides is 1. The summed E-state index contributed by atoms with van der Waals surface area (Å²) in [4.78, 5) is 17.9. The highest BCUT2D eigenvalue weighted by molar-refractivity contribution is 5.97. The molecule has 0 radical (unpaired) electrons. The normalized spacial score (nSPS) is 15.9. The van der Waals surface area contributed by atoms with Crippen LogP contribution < -0.4 is 9.47 Å². The molecule has 1 fully saturated rings. The highest BCUT2D eigenvalue weighted by Gasteiger charge is 2.27. The van der Waals surface area contributed by atoms with Crippen LogP contribution in [0.1, 0.15) is 27.4 Å². The molecule has 2 aliphatic rings. The number of aromatic nitrogens is 1. The van der Waals surface area contributed by atoms with Crippen LogP contribution in [0.5, 0.6) is 11.5 Å². The van der Waals surface area contributed by atoms with Crippen LogP contribution in [-0.4, -0.2) is 53.2 Å². The quantitative estimate of drug-likeness (QED) is 0.448. The standard InChI is InChI=1S/C27H27N3O4/c1-19-13-22-25(34-19)15-23(30(22)17-20-5-3-2-4-6-20)27(31)29-11-9-28(10-12-29)16-21-7-8-24-26(14-21)33-18-32-24/h2-8,13-15H,9-12,16-18H2,1H3. The lowest BCUT2D eigenvalue weighted by atomic mass is 10.1. The van der Waals surface area contributed by atoms with Gasteiger partial charge in [-0.25, -0.2) is 0 Å². The predicted molar refractivity (Wildman–Crippen MR) is 128 cm³/mol. The fourth-order valence-corrected chi connectivity index (χ4v) is 4.85.